The standard InChI is InChI=1S/C16H14Cl2O/c17-14-6-3-7-15(18)13(14)9-16(19)12-8-10-4-1-2-5-11(10)12/h1-7,12,16,19H,8-9H2. The number of hydrogen-bond donors (Lipinski definition) is 1. The quantitative estimate of drug-likeness (QED) is 0.897. The van der Waals surface area contributed by atoms with E-state index in [-0.39, 0.29) is 5.92 Å². The summed E-state index contributed by atoms with van der Waals surface area (Å²) in [6.45, 7) is 0. The van der Waals surface area contributed by atoms with Gasteiger partial charge in [-0.3, -0.25) is 0 Å². The lowest BCUT2D eigenvalue weighted by Gasteiger charge is -2.34. The second-order valence-corrected chi connectivity index (χ2v) is 5.80. The zero-order valence-electron chi connectivity index (χ0n) is 10.3. The molecule has 1 aliphatic carbocycles. The zero-order chi connectivity index (χ0) is 13.4. The van der Waals surface area contributed by atoms with Crippen molar-refractivity contribution in [2.75, 3.05) is 0 Å². The summed E-state index contributed by atoms with van der Waals surface area (Å²) in [5.74, 6) is 0.198. The first kappa shape index (κ1) is 13.0. The van der Waals surface area contributed by atoms with Crippen molar-refractivity contribution in [2.45, 2.75) is 24.9 Å². The van der Waals surface area contributed by atoms with Gasteiger partial charge in [0.15, 0.2) is 0 Å². The summed E-state index contributed by atoms with van der Waals surface area (Å²) in [6.07, 6.45) is 0.990. The molecule has 0 heterocycles. The van der Waals surface area contributed by atoms with E-state index in [2.05, 4.69) is 12.1 Å². The highest BCUT2D eigenvalue weighted by Crippen LogP contribution is 2.39. The number of aliphatic hydroxyl groups is 1. The van der Waals surface area contributed by atoms with Crippen LogP contribution in [0.25, 0.3) is 0 Å². The number of benzene rings is 2. The van der Waals surface area contributed by atoms with Crippen LogP contribution in [0, 0.1) is 0 Å². The van der Waals surface area contributed by atoms with Crippen LogP contribution in [0.1, 0.15) is 22.6 Å². The molecule has 3 heteroatoms. The molecule has 2 atom stereocenters. The minimum atomic E-state index is -0.438. The van der Waals surface area contributed by atoms with Crippen LogP contribution in [0.4, 0.5) is 0 Å². The summed E-state index contributed by atoms with van der Waals surface area (Å²) in [5, 5.41) is 11.6. The van der Waals surface area contributed by atoms with E-state index in [1.54, 1.807) is 0 Å². The van der Waals surface area contributed by atoms with Crippen LogP contribution in [0.5, 0.6) is 0 Å². The van der Waals surface area contributed by atoms with Crippen LogP contribution in [-0.4, -0.2) is 11.2 Å². The smallest absolute Gasteiger partial charge is 0.0653 e. The molecule has 0 radical (unpaired) electrons. The van der Waals surface area contributed by atoms with E-state index in [0.29, 0.717) is 16.5 Å². The van der Waals surface area contributed by atoms with Crippen molar-refractivity contribution in [1.29, 1.82) is 0 Å². The predicted octanol–water partition coefficient (Wildman–Crippen LogP) is 4.24. The van der Waals surface area contributed by atoms with Gasteiger partial charge in [0, 0.05) is 22.4 Å². The molecule has 19 heavy (non-hydrogen) atoms. The Morgan fingerprint density at radius 1 is 1.05 bits per heavy atom. The summed E-state index contributed by atoms with van der Waals surface area (Å²) >= 11 is 12.3. The third-order valence-electron chi connectivity index (χ3n) is 3.83. The molecule has 0 fully saturated rings. The first-order valence-electron chi connectivity index (χ1n) is 6.35. The van der Waals surface area contributed by atoms with Gasteiger partial charge in [-0.1, -0.05) is 53.5 Å². The van der Waals surface area contributed by atoms with Crippen molar-refractivity contribution >= 4 is 23.2 Å². The zero-order valence-corrected chi connectivity index (χ0v) is 11.8. The molecule has 2 unspecified atom stereocenters. The molecule has 2 aromatic rings. The molecule has 0 bridgehead atoms. The molecule has 0 aromatic heterocycles. The Kier molecular flexibility index (Phi) is 3.53. The van der Waals surface area contributed by atoms with Gasteiger partial charge in [-0.2, -0.15) is 0 Å². The normalized spacial score (nSPS) is 18.6. The van der Waals surface area contributed by atoms with E-state index in [1.807, 2.05) is 30.3 Å². The Balaban J connectivity index is 1.79. The maximum Gasteiger partial charge on any atom is 0.0653 e. The average molecular weight is 293 g/mol. The number of aliphatic hydroxyl groups excluding tert-OH is 1. The van der Waals surface area contributed by atoms with Crippen LogP contribution in [0.15, 0.2) is 42.5 Å². The van der Waals surface area contributed by atoms with E-state index < -0.39 is 6.10 Å². The number of fused-ring (bicyclic) bond motifs is 1. The van der Waals surface area contributed by atoms with Gasteiger partial charge in [0.05, 0.1) is 6.10 Å². The van der Waals surface area contributed by atoms with Crippen LogP contribution in [0.3, 0.4) is 0 Å². The van der Waals surface area contributed by atoms with Crippen molar-refractivity contribution in [3.8, 4) is 0 Å². The van der Waals surface area contributed by atoms with Gasteiger partial charge in [-0.05, 0) is 35.2 Å². The molecule has 3 rings (SSSR count). The summed E-state index contributed by atoms with van der Waals surface area (Å²) in [4.78, 5) is 0. The molecule has 1 aliphatic rings. The van der Waals surface area contributed by atoms with Crippen molar-refractivity contribution in [3.63, 3.8) is 0 Å². The highest BCUT2D eigenvalue weighted by molar-refractivity contribution is 6.36. The highest BCUT2D eigenvalue weighted by atomic mass is 35.5. The van der Waals surface area contributed by atoms with E-state index in [1.165, 1.54) is 11.1 Å². The van der Waals surface area contributed by atoms with Crippen molar-refractivity contribution < 1.29 is 5.11 Å². The number of rotatable bonds is 3. The van der Waals surface area contributed by atoms with E-state index in [4.69, 9.17) is 23.2 Å². The third-order valence-corrected chi connectivity index (χ3v) is 4.54. The summed E-state index contributed by atoms with van der Waals surface area (Å²) < 4.78 is 0. The van der Waals surface area contributed by atoms with E-state index in [0.717, 1.165) is 12.0 Å². The molecule has 0 saturated heterocycles. The highest BCUT2D eigenvalue weighted by Gasteiger charge is 2.32. The molecular formula is C16H14Cl2O. The van der Waals surface area contributed by atoms with Gasteiger partial charge in [-0.15, -0.1) is 0 Å². The second kappa shape index (κ2) is 5.16. The lowest BCUT2D eigenvalue weighted by Crippen LogP contribution is -2.30. The monoisotopic (exact) mass is 292 g/mol. The molecule has 1 nitrogen and oxygen atoms in total. The van der Waals surface area contributed by atoms with Crippen LogP contribution in [-0.2, 0) is 12.8 Å². The molecular weight excluding hydrogens is 279 g/mol. The minimum absolute atomic E-state index is 0.198. The number of halogens is 2. The average Bonchev–Trinajstić information content (AvgIpc) is 2.35. The fraction of sp³-hybridized carbons (Fsp3) is 0.250. The minimum Gasteiger partial charge on any atom is -0.392 e. The Bertz CT molecular complexity index is 589. The van der Waals surface area contributed by atoms with Gasteiger partial charge in [0.25, 0.3) is 0 Å². The van der Waals surface area contributed by atoms with Gasteiger partial charge < -0.3 is 5.11 Å². The molecule has 1 N–H and O–H groups in total. The Labute approximate surface area is 122 Å². The van der Waals surface area contributed by atoms with E-state index >= 15 is 0 Å². The van der Waals surface area contributed by atoms with Crippen molar-refractivity contribution in [3.05, 3.63) is 69.2 Å². The van der Waals surface area contributed by atoms with Crippen LogP contribution < -0.4 is 0 Å². The van der Waals surface area contributed by atoms with Gasteiger partial charge in [0.1, 0.15) is 0 Å². The summed E-state index contributed by atoms with van der Waals surface area (Å²) in [6, 6.07) is 13.7. The topological polar surface area (TPSA) is 20.2 Å². The maximum absolute atomic E-state index is 10.4. The summed E-state index contributed by atoms with van der Waals surface area (Å²) in [7, 11) is 0. The third kappa shape index (κ3) is 2.38. The second-order valence-electron chi connectivity index (χ2n) is 4.98. The predicted molar refractivity (Wildman–Crippen MR) is 79.1 cm³/mol. The SMILES string of the molecule is OC(Cc1c(Cl)cccc1Cl)C1Cc2ccccc21. The molecule has 0 aliphatic heterocycles. The van der Waals surface area contributed by atoms with Crippen molar-refractivity contribution in [1.82, 2.24) is 0 Å². The first-order valence-corrected chi connectivity index (χ1v) is 7.11. The van der Waals surface area contributed by atoms with Crippen LogP contribution >= 0.6 is 23.2 Å². The lowest BCUT2D eigenvalue weighted by molar-refractivity contribution is 0.133. The van der Waals surface area contributed by atoms with Gasteiger partial charge >= 0.3 is 0 Å². The Hall–Kier alpha value is -1.02. The largest absolute Gasteiger partial charge is 0.392 e. The van der Waals surface area contributed by atoms with Gasteiger partial charge in [0.2, 0.25) is 0 Å². The Morgan fingerprint density at radius 3 is 2.42 bits per heavy atom. The van der Waals surface area contributed by atoms with Crippen molar-refractivity contribution in [2.24, 2.45) is 0 Å². The molecule has 0 saturated carbocycles. The van der Waals surface area contributed by atoms with Gasteiger partial charge in [-0.25, -0.2) is 0 Å². The lowest BCUT2D eigenvalue weighted by atomic mass is 9.73. The fourth-order valence-electron chi connectivity index (χ4n) is 2.72. The fourth-order valence-corrected chi connectivity index (χ4v) is 3.27. The van der Waals surface area contributed by atoms with E-state index in [9.17, 15) is 5.11 Å². The molecule has 0 amide bonds. The Morgan fingerprint density at radius 2 is 1.74 bits per heavy atom. The van der Waals surface area contributed by atoms with Crippen LogP contribution in [0.2, 0.25) is 10.0 Å². The number of hydrogen-bond acceptors (Lipinski definition) is 1. The molecule has 2 aromatic carbocycles. The molecule has 0 spiro atoms. The molecule has 98 valence electrons. The first-order chi connectivity index (χ1) is 9.16. The summed E-state index contributed by atoms with van der Waals surface area (Å²) in [5.41, 5.74) is 3.41. The maximum atomic E-state index is 10.4.